The molecule has 0 aromatic heterocycles. The van der Waals surface area contributed by atoms with Crippen LogP contribution in [0.3, 0.4) is 0 Å². The summed E-state index contributed by atoms with van der Waals surface area (Å²) >= 11 is 0. The number of aryl methyl sites for hydroxylation is 1. The van der Waals surface area contributed by atoms with Gasteiger partial charge in [0.2, 0.25) is 0 Å². The number of rotatable bonds is 6. The number of unbranched alkanes of at least 4 members (excludes halogenated alkanes) is 2. The zero-order valence-corrected chi connectivity index (χ0v) is 10.1. The molecule has 1 rings (SSSR count). The monoisotopic (exact) mass is 244 g/mol. The van der Waals surface area contributed by atoms with Crippen molar-refractivity contribution >= 4 is 8.80 Å². The van der Waals surface area contributed by atoms with Gasteiger partial charge < -0.3 is 14.4 Å². The van der Waals surface area contributed by atoms with Crippen LogP contribution in [0.5, 0.6) is 0 Å². The van der Waals surface area contributed by atoms with Crippen molar-refractivity contribution in [1.82, 2.24) is 0 Å². The molecule has 0 radical (unpaired) electrons. The van der Waals surface area contributed by atoms with E-state index in [-0.39, 0.29) is 11.9 Å². The molecule has 1 aromatic carbocycles. The van der Waals surface area contributed by atoms with Gasteiger partial charge in [0.15, 0.2) is 0 Å². The van der Waals surface area contributed by atoms with Crippen LogP contribution >= 0.6 is 0 Å². The Balaban J connectivity index is 2.17. The molecule has 16 heavy (non-hydrogen) atoms. The van der Waals surface area contributed by atoms with Gasteiger partial charge in [-0.25, -0.2) is 4.39 Å². The van der Waals surface area contributed by atoms with Crippen LogP contribution < -0.4 is 0 Å². The normalized spacial score (nSPS) is 11.8. The lowest BCUT2D eigenvalue weighted by Gasteiger charge is -2.08. The third-order valence-corrected chi connectivity index (χ3v) is 3.39. The second kappa shape index (κ2) is 6.10. The van der Waals surface area contributed by atoms with E-state index < -0.39 is 8.80 Å². The van der Waals surface area contributed by atoms with Gasteiger partial charge in [-0.2, -0.15) is 0 Å². The van der Waals surface area contributed by atoms with Gasteiger partial charge in [0, 0.05) is 6.04 Å². The fourth-order valence-corrected chi connectivity index (χ4v) is 2.28. The van der Waals surface area contributed by atoms with E-state index in [1.807, 2.05) is 6.07 Å². The molecule has 0 aliphatic rings. The summed E-state index contributed by atoms with van der Waals surface area (Å²) in [6.07, 6.45) is 3.01. The maximum absolute atomic E-state index is 12.8. The van der Waals surface area contributed by atoms with E-state index in [1.165, 1.54) is 12.1 Å². The molecule has 0 fully saturated rings. The van der Waals surface area contributed by atoms with E-state index in [1.54, 1.807) is 6.07 Å². The molecule has 0 saturated carbocycles. The van der Waals surface area contributed by atoms with Crippen LogP contribution in [-0.2, 0) is 6.42 Å². The molecule has 0 spiro atoms. The van der Waals surface area contributed by atoms with Gasteiger partial charge in [0.1, 0.15) is 5.82 Å². The first-order chi connectivity index (χ1) is 7.47. The van der Waals surface area contributed by atoms with E-state index in [0.29, 0.717) is 6.42 Å². The van der Waals surface area contributed by atoms with Gasteiger partial charge in [-0.15, -0.1) is 0 Å². The second-order valence-electron chi connectivity index (χ2n) is 3.96. The van der Waals surface area contributed by atoms with Crippen molar-refractivity contribution in [3.8, 4) is 0 Å². The van der Waals surface area contributed by atoms with Crippen molar-refractivity contribution in [2.45, 2.75) is 31.7 Å². The summed E-state index contributed by atoms with van der Waals surface area (Å²) < 4.78 is 12.8. The molecule has 0 saturated heterocycles. The fourth-order valence-electron chi connectivity index (χ4n) is 1.56. The van der Waals surface area contributed by atoms with Gasteiger partial charge in [0.05, 0.1) is 0 Å². The van der Waals surface area contributed by atoms with Crippen LogP contribution in [0.2, 0.25) is 6.04 Å². The first-order valence-electron chi connectivity index (χ1n) is 5.39. The third-order valence-electron chi connectivity index (χ3n) is 2.37. The average molecular weight is 244 g/mol. The highest BCUT2D eigenvalue weighted by Gasteiger charge is 2.25. The van der Waals surface area contributed by atoms with E-state index in [0.717, 1.165) is 24.8 Å². The molecule has 3 N–H and O–H groups in total. The van der Waals surface area contributed by atoms with Crippen molar-refractivity contribution < 1.29 is 18.8 Å². The molecule has 0 bridgehead atoms. The highest BCUT2D eigenvalue weighted by Crippen LogP contribution is 2.11. The van der Waals surface area contributed by atoms with Gasteiger partial charge in [0.25, 0.3) is 0 Å². The van der Waals surface area contributed by atoms with Crippen LogP contribution in [0.25, 0.3) is 0 Å². The largest absolute Gasteiger partial charge is 0.492 e. The summed E-state index contributed by atoms with van der Waals surface area (Å²) in [5.74, 6) is -0.231. The molecule has 0 heterocycles. The predicted molar refractivity (Wildman–Crippen MR) is 61.2 cm³/mol. The Morgan fingerprint density at radius 3 is 2.44 bits per heavy atom. The van der Waals surface area contributed by atoms with Crippen LogP contribution in [0, 0.1) is 5.82 Å². The lowest BCUT2D eigenvalue weighted by atomic mass is 10.1. The molecule has 0 aliphatic heterocycles. The summed E-state index contributed by atoms with van der Waals surface area (Å²) in [5, 5.41) is 0. The Bertz CT molecular complexity index is 325. The number of hydrogen-bond acceptors (Lipinski definition) is 3. The summed E-state index contributed by atoms with van der Waals surface area (Å²) in [6.45, 7) is 0. The SMILES string of the molecule is O[Si](O)(O)CCCCCc1cccc(F)c1. The van der Waals surface area contributed by atoms with Crippen LogP contribution in [0.1, 0.15) is 24.8 Å². The van der Waals surface area contributed by atoms with Gasteiger partial charge in [-0.3, -0.25) is 0 Å². The molecule has 0 aliphatic carbocycles. The van der Waals surface area contributed by atoms with Gasteiger partial charge in [-0.1, -0.05) is 18.6 Å². The molecule has 0 unspecified atom stereocenters. The Labute approximate surface area is 95.6 Å². The summed E-state index contributed by atoms with van der Waals surface area (Å²) in [5.41, 5.74) is 0.945. The highest BCUT2D eigenvalue weighted by molar-refractivity contribution is 6.56. The Morgan fingerprint density at radius 1 is 1.06 bits per heavy atom. The molecular weight excluding hydrogens is 227 g/mol. The molecule has 5 heteroatoms. The Kier molecular flexibility index (Phi) is 5.07. The minimum absolute atomic E-state index is 0.0795. The van der Waals surface area contributed by atoms with Crippen molar-refractivity contribution in [1.29, 1.82) is 0 Å². The standard InChI is InChI=1S/C11H17FO3Si/c12-11-7-4-6-10(9-11)5-2-1-3-8-16(13,14)15/h4,6-7,9,13-15H,1-3,5,8H2. The quantitative estimate of drug-likeness (QED) is 0.524. The minimum atomic E-state index is -3.86. The van der Waals surface area contributed by atoms with Crippen molar-refractivity contribution in [3.05, 3.63) is 35.6 Å². The summed E-state index contributed by atoms with van der Waals surface area (Å²) in [7, 11) is -3.86. The number of benzene rings is 1. The third kappa shape index (κ3) is 5.97. The number of halogens is 1. The second-order valence-corrected chi connectivity index (χ2v) is 6.01. The highest BCUT2D eigenvalue weighted by atomic mass is 28.4. The van der Waals surface area contributed by atoms with E-state index in [2.05, 4.69) is 0 Å². The van der Waals surface area contributed by atoms with Crippen LogP contribution in [0.15, 0.2) is 24.3 Å². The molecule has 1 aromatic rings. The van der Waals surface area contributed by atoms with Crippen molar-refractivity contribution in [2.24, 2.45) is 0 Å². The predicted octanol–water partition coefficient (Wildman–Crippen LogP) is 1.45. The van der Waals surface area contributed by atoms with E-state index in [9.17, 15) is 4.39 Å². The Morgan fingerprint density at radius 2 is 1.81 bits per heavy atom. The molecule has 0 atom stereocenters. The first kappa shape index (κ1) is 13.3. The molecule has 3 nitrogen and oxygen atoms in total. The summed E-state index contributed by atoms with van der Waals surface area (Å²) in [6, 6.07) is 6.54. The minimum Gasteiger partial charge on any atom is -0.390 e. The maximum Gasteiger partial charge on any atom is 0.492 e. The zero-order chi connectivity index (χ0) is 12.0. The number of hydrogen-bond donors (Lipinski definition) is 3. The lowest BCUT2D eigenvalue weighted by Crippen LogP contribution is -2.33. The van der Waals surface area contributed by atoms with Crippen LogP contribution in [0.4, 0.5) is 4.39 Å². The maximum atomic E-state index is 12.8. The van der Waals surface area contributed by atoms with E-state index in [4.69, 9.17) is 14.4 Å². The van der Waals surface area contributed by atoms with Gasteiger partial charge in [-0.05, 0) is 37.0 Å². The molecular formula is C11H17FO3Si. The first-order valence-corrected chi connectivity index (χ1v) is 7.44. The average Bonchev–Trinajstić information content (AvgIpc) is 2.15. The van der Waals surface area contributed by atoms with Crippen molar-refractivity contribution in [3.63, 3.8) is 0 Å². The Hall–Kier alpha value is -0.753. The molecule has 90 valence electrons. The molecule has 0 amide bonds. The van der Waals surface area contributed by atoms with Gasteiger partial charge >= 0.3 is 8.80 Å². The van der Waals surface area contributed by atoms with Crippen LogP contribution in [-0.4, -0.2) is 23.2 Å². The fraction of sp³-hybridized carbons (Fsp3) is 0.455. The topological polar surface area (TPSA) is 60.7 Å². The zero-order valence-electron chi connectivity index (χ0n) is 9.06. The smallest absolute Gasteiger partial charge is 0.390 e. The van der Waals surface area contributed by atoms with E-state index >= 15 is 0 Å². The summed E-state index contributed by atoms with van der Waals surface area (Å²) in [4.78, 5) is 26.3. The lowest BCUT2D eigenvalue weighted by molar-refractivity contribution is 0.226. The van der Waals surface area contributed by atoms with Crippen molar-refractivity contribution in [2.75, 3.05) is 0 Å².